The molecule has 1 aromatic heterocycles. The van der Waals surface area contributed by atoms with Gasteiger partial charge in [-0.25, -0.2) is 14.2 Å². The number of amides is 1. The molecule has 0 saturated heterocycles. The highest BCUT2D eigenvalue weighted by Gasteiger charge is 2.51. The van der Waals surface area contributed by atoms with Gasteiger partial charge in [0.15, 0.2) is 11.7 Å². The van der Waals surface area contributed by atoms with Crippen LogP contribution >= 0.6 is 0 Å². The molecule has 120 valence electrons. The van der Waals surface area contributed by atoms with E-state index >= 15 is 0 Å². The number of hydrogen-bond donors (Lipinski definition) is 2. The van der Waals surface area contributed by atoms with Crippen LogP contribution in [0, 0.1) is 5.82 Å². The molecule has 1 heterocycles. The first-order valence-electron chi connectivity index (χ1n) is 7.24. The first kappa shape index (κ1) is 15.2. The summed E-state index contributed by atoms with van der Waals surface area (Å²) in [6.07, 6.45) is 2.59. The fourth-order valence-electron chi connectivity index (χ4n) is 2.28. The molecule has 1 amide bonds. The van der Waals surface area contributed by atoms with Gasteiger partial charge in [-0.05, 0) is 25.0 Å². The lowest BCUT2D eigenvalue weighted by molar-refractivity contribution is -0.143. The molecule has 1 fully saturated rings. The Hall–Kier alpha value is -2.70. The number of carboxylic acid groups (broad SMARTS) is 1. The number of nitrogens with one attached hydrogen (secondary N) is 1. The maximum atomic E-state index is 13.7. The van der Waals surface area contributed by atoms with Crippen LogP contribution in [0.25, 0.3) is 11.3 Å². The summed E-state index contributed by atoms with van der Waals surface area (Å²) in [7, 11) is 0. The Kier molecular flexibility index (Phi) is 3.85. The van der Waals surface area contributed by atoms with E-state index in [1.54, 1.807) is 18.2 Å². The SMILES string of the molecule is O=C(CCc1ncc(-c2ccccc2F)o1)NC1(C(=O)O)CC1. The smallest absolute Gasteiger partial charge is 0.329 e. The average molecular weight is 318 g/mol. The lowest BCUT2D eigenvalue weighted by Crippen LogP contribution is -2.43. The van der Waals surface area contributed by atoms with Gasteiger partial charge in [-0.1, -0.05) is 12.1 Å². The number of carbonyl (C=O) groups is 2. The summed E-state index contributed by atoms with van der Waals surface area (Å²) in [6.45, 7) is 0. The van der Waals surface area contributed by atoms with Gasteiger partial charge < -0.3 is 14.8 Å². The number of rotatable bonds is 6. The van der Waals surface area contributed by atoms with E-state index in [4.69, 9.17) is 9.52 Å². The molecule has 2 aromatic rings. The molecule has 0 unspecified atom stereocenters. The van der Waals surface area contributed by atoms with Crippen LogP contribution in [0.3, 0.4) is 0 Å². The Bertz CT molecular complexity index is 752. The molecular formula is C16H15FN2O4. The molecule has 1 aliphatic rings. The van der Waals surface area contributed by atoms with Crippen LogP contribution < -0.4 is 5.32 Å². The zero-order chi connectivity index (χ0) is 16.4. The molecule has 1 saturated carbocycles. The topological polar surface area (TPSA) is 92.4 Å². The lowest BCUT2D eigenvalue weighted by Gasteiger charge is -2.11. The predicted octanol–water partition coefficient (Wildman–Crippen LogP) is 2.15. The van der Waals surface area contributed by atoms with E-state index in [2.05, 4.69) is 10.3 Å². The summed E-state index contributed by atoms with van der Waals surface area (Å²) in [4.78, 5) is 26.8. The Morgan fingerprint density at radius 1 is 1.35 bits per heavy atom. The average Bonchev–Trinajstić information content (AvgIpc) is 3.15. The molecule has 0 aliphatic heterocycles. The third kappa shape index (κ3) is 3.23. The molecular weight excluding hydrogens is 303 g/mol. The van der Waals surface area contributed by atoms with Gasteiger partial charge in [-0.2, -0.15) is 0 Å². The minimum Gasteiger partial charge on any atom is -0.480 e. The van der Waals surface area contributed by atoms with Crippen molar-refractivity contribution in [3.8, 4) is 11.3 Å². The number of hydrogen-bond acceptors (Lipinski definition) is 4. The Labute approximate surface area is 131 Å². The molecule has 0 bridgehead atoms. The summed E-state index contributed by atoms with van der Waals surface area (Å²) in [5, 5.41) is 11.5. The first-order chi connectivity index (χ1) is 11.0. The molecule has 0 radical (unpaired) electrons. The highest BCUT2D eigenvalue weighted by Crippen LogP contribution is 2.35. The standard InChI is InChI=1S/C16H15FN2O4/c17-11-4-2-1-3-10(11)12-9-18-14(23-12)6-5-13(20)19-16(7-8-16)15(21)22/h1-4,9H,5-8H2,(H,19,20)(H,21,22). The van der Waals surface area contributed by atoms with Crippen molar-refractivity contribution in [2.75, 3.05) is 0 Å². The van der Waals surface area contributed by atoms with E-state index < -0.39 is 17.3 Å². The lowest BCUT2D eigenvalue weighted by atomic mass is 10.2. The summed E-state index contributed by atoms with van der Waals surface area (Å²) in [6, 6.07) is 6.17. The van der Waals surface area contributed by atoms with E-state index in [0.29, 0.717) is 30.1 Å². The van der Waals surface area contributed by atoms with Crippen LogP contribution in [0.1, 0.15) is 25.2 Å². The number of carboxylic acids is 1. The molecule has 1 aliphatic carbocycles. The Balaban J connectivity index is 1.59. The number of oxazole rings is 1. The van der Waals surface area contributed by atoms with Crippen molar-refractivity contribution in [3.05, 3.63) is 42.2 Å². The van der Waals surface area contributed by atoms with E-state index in [1.165, 1.54) is 12.3 Å². The second-order valence-electron chi connectivity index (χ2n) is 5.53. The molecule has 7 heteroatoms. The summed E-state index contributed by atoms with van der Waals surface area (Å²) in [5.74, 6) is -1.19. The number of carbonyl (C=O) groups excluding carboxylic acids is 1. The fraction of sp³-hybridized carbons (Fsp3) is 0.312. The third-order valence-electron chi connectivity index (χ3n) is 3.80. The van der Waals surface area contributed by atoms with Crippen LogP contribution in [0.4, 0.5) is 4.39 Å². The third-order valence-corrected chi connectivity index (χ3v) is 3.80. The largest absolute Gasteiger partial charge is 0.480 e. The van der Waals surface area contributed by atoms with Gasteiger partial charge >= 0.3 is 5.97 Å². The molecule has 6 nitrogen and oxygen atoms in total. The van der Waals surface area contributed by atoms with Crippen LogP contribution in [0.2, 0.25) is 0 Å². The molecule has 2 N–H and O–H groups in total. The van der Waals surface area contributed by atoms with Gasteiger partial charge in [0.25, 0.3) is 0 Å². The first-order valence-corrected chi connectivity index (χ1v) is 7.24. The Morgan fingerprint density at radius 2 is 2.09 bits per heavy atom. The molecule has 0 atom stereocenters. The van der Waals surface area contributed by atoms with Gasteiger partial charge in [0.2, 0.25) is 5.91 Å². The highest BCUT2D eigenvalue weighted by atomic mass is 19.1. The second-order valence-corrected chi connectivity index (χ2v) is 5.53. The maximum absolute atomic E-state index is 13.7. The van der Waals surface area contributed by atoms with Crippen molar-refractivity contribution in [2.24, 2.45) is 0 Å². The fourth-order valence-corrected chi connectivity index (χ4v) is 2.28. The van der Waals surface area contributed by atoms with Crippen LogP contribution in [0.5, 0.6) is 0 Å². The minimum atomic E-state index is -1.09. The number of aryl methyl sites for hydroxylation is 1. The summed E-state index contributed by atoms with van der Waals surface area (Å²) >= 11 is 0. The van der Waals surface area contributed by atoms with E-state index in [1.807, 2.05) is 0 Å². The van der Waals surface area contributed by atoms with Gasteiger partial charge in [0, 0.05) is 12.8 Å². The number of halogens is 1. The van der Waals surface area contributed by atoms with Crippen molar-refractivity contribution < 1.29 is 23.5 Å². The number of aliphatic carboxylic acids is 1. The zero-order valence-electron chi connectivity index (χ0n) is 12.2. The molecule has 23 heavy (non-hydrogen) atoms. The van der Waals surface area contributed by atoms with Crippen molar-refractivity contribution in [3.63, 3.8) is 0 Å². The van der Waals surface area contributed by atoms with E-state index in [9.17, 15) is 14.0 Å². The van der Waals surface area contributed by atoms with Crippen LogP contribution in [0.15, 0.2) is 34.9 Å². The molecule has 0 spiro atoms. The van der Waals surface area contributed by atoms with Crippen LogP contribution in [-0.2, 0) is 16.0 Å². The highest BCUT2D eigenvalue weighted by molar-refractivity contribution is 5.89. The second kappa shape index (κ2) is 5.83. The minimum absolute atomic E-state index is 0.0618. The van der Waals surface area contributed by atoms with Crippen molar-refractivity contribution in [1.29, 1.82) is 0 Å². The molecule has 3 rings (SSSR count). The summed E-state index contributed by atoms with van der Waals surface area (Å²) in [5.41, 5.74) is -0.787. The monoisotopic (exact) mass is 318 g/mol. The normalized spacial score (nSPS) is 15.2. The van der Waals surface area contributed by atoms with Gasteiger partial charge in [-0.15, -0.1) is 0 Å². The number of benzene rings is 1. The van der Waals surface area contributed by atoms with Gasteiger partial charge in [-0.3, -0.25) is 4.79 Å². The van der Waals surface area contributed by atoms with E-state index in [-0.39, 0.29) is 18.7 Å². The number of nitrogens with zero attached hydrogens (tertiary/aromatic N) is 1. The van der Waals surface area contributed by atoms with Gasteiger partial charge in [0.05, 0.1) is 11.8 Å². The van der Waals surface area contributed by atoms with Crippen LogP contribution in [-0.4, -0.2) is 27.5 Å². The maximum Gasteiger partial charge on any atom is 0.329 e. The molecule has 1 aromatic carbocycles. The quantitative estimate of drug-likeness (QED) is 0.851. The Morgan fingerprint density at radius 3 is 2.74 bits per heavy atom. The van der Waals surface area contributed by atoms with E-state index in [0.717, 1.165) is 0 Å². The number of aromatic nitrogens is 1. The van der Waals surface area contributed by atoms with Crippen molar-refractivity contribution >= 4 is 11.9 Å². The van der Waals surface area contributed by atoms with Crippen molar-refractivity contribution in [2.45, 2.75) is 31.2 Å². The zero-order valence-corrected chi connectivity index (χ0v) is 12.2. The van der Waals surface area contributed by atoms with Gasteiger partial charge in [0.1, 0.15) is 11.4 Å². The predicted molar refractivity (Wildman–Crippen MR) is 78.0 cm³/mol. The van der Waals surface area contributed by atoms with Crippen molar-refractivity contribution in [1.82, 2.24) is 10.3 Å². The summed E-state index contributed by atoms with van der Waals surface area (Å²) < 4.78 is 19.1.